The van der Waals surface area contributed by atoms with Crippen LogP contribution in [0.1, 0.15) is 38.9 Å². The van der Waals surface area contributed by atoms with Crippen LogP contribution in [0.4, 0.5) is 0 Å². The number of aliphatic imine (C=N–C) groups is 1. The van der Waals surface area contributed by atoms with E-state index in [0.29, 0.717) is 16.2 Å². The van der Waals surface area contributed by atoms with Crippen LogP contribution in [0.25, 0.3) is 16.5 Å². The highest BCUT2D eigenvalue weighted by Crippen LogP contribution is 2.25. The highest BCUT2D eigenvalue weighted by Gasteiger charge is 2.18. The van der Waals surface area contributed by atoms with Crippen LogP contribution in [-0.2, 0) is 0 Å². The predicted molar refractivity (Wildman–Crippen MR) is 143 cm³/mol. The van der Waals surface area contributed by atoms with Crippen molar-refractivity contribution in [1.29, 1.82) is 0 Å². The number of halogens is 1. The fourth-order valence-electron chi connectivity index (χ4n) is 3.50. The van der Waals surface area contributed by atoms with Gasteiger partial charge in [0.15, 0.2) is 0 Å². The number of pyridine rings is 1. The number of guanidine groups is 1. The number of para-hydroxylation sites is 1. The zero-order chi connectivity index (χ0) is 24.7. The van der Waals surface area contributed by atoms with E-state index in [0.717, 1.165) is 28.9 Å². The van der Waals surface area contributed by atoms with Crippen molar-refractivity contribution >= 4 is 34.0 Å². The summed E-state index contributed by atoms with van der Waals surface area (Å²) in [7, 11) is 0. The standard InChI is InChI=1S/C26H29ClN6O/c1-5-6-11-17(2)31-32-26(28)30-19(4)29-18(3)23-16-20-12-10-15-22(27)24(20)25(34)33(23)21-13-8-7-9-14-21/h6-16,18,29H,4-5H2,1-3H3,(H3,28,30,32)/b11-6-,31-17-/t18-/m0/s1. The third-order valence-corrected chi connectivity index (χ3v) is 5.38. The first kappa shape index (κ1) is 24.8. The SMILES string of the molecule is C=C(N=C(N)N/N=C(C)\C=C/CC)N[C@@H](C)c1cc2cccc(Cl)c2c(=O)n1-c1ccccc1. The van der Waals surface area contributed by atoms with Crippen molar-refractivity contribution in [1.82, 2.24) is 15.3 Å². The van der Waals surface area contributed by atoms with Gasteiger partial charge in [-0.15, -0.1) is 0 Å². The molecular weight excluding hydrogens is 448 g/mol. The molecule has 0 saturated heterocycles. The molecule has 1 aromatic heterocycles. The van der Waals surface area contributed by atoms with Crippen LogP contribution in [0, 0.1) is 0 Å². The van der Waals surface area contributed by atoms with Crippen LogP contribution in [0.2, 0.25) is 5.02 Å². The molecule has 4 N–H and O–H groups in total. The second-order valence-electron chi connectivity index (χ2n) is 7.73. The molecule has 0 aliphatic rings. The lowest BCUT2D eigenvalue weighted by Crippen LogP contribution is -2.31. The molecular formula is C26H29ClN6O. The largest absolute Gasteiger partial charge is 0.368 e. The summed E-state index contributed by atoms with van der Waals surface area (Å²) < 4.78 is 1.65. The van der Waals surface area contributed by atoms with Gasteiger partial charge in [0.2, 0.25) is 5.96 Å². The van der Waals surface area contributed by atoms with Crippen molar-refractivity contribution in [2.75, 3.05) is 0 Å². The van der Waals surface area contributed by atoms with Crippen molar-refractivity contribution in [3.63, 3.8) is 0 Å². The van der Waals surface area contributed by atoms with Crippen molar-refractivity contribution in [3.05, 3.63) is 100 Å². The summed E-state index contributed by atoms with van der Waals surface area (Å²) in [6.07, 6.45) is 4.81. The summed E-state index contributed by atoms with van der Waals surface area (Å²) in [5, 5.41) is 9.01. The Morgan fingerprint density at radius 3 is 2.68 bits per heavy atom. The monoisotopic (exact) mass is 476 g/mol. The maximum Gasteiger partial charge on any atom is 0.264 e. The van der Waals surface area contributed by atoms with Gasteiger partial charge in [-0.2, -0.15) is 10.1 Å². The Labute approximate surface area is 204 Å². The first-order valence-corrected chi connectivity index (χ1v) is 11.4. The quantitative estimate of drug-likeness (QED) is 0.242. The van der Waals surface area contributed by atoms with E-state index in [1.807, 2.05) is 81.5 Å². The third-order valence-electron chi connectivity index (χ3n) is 5.06. The fraction of sp³-hybridized carbons (Fsp3) is 0.192. The number of allylic oxidation sites excluding steroid dienone is 2. The molecule has 3 rings (SSSR count). The minimum absolute atomic E-state index is 0.0969. The Bertz CT molecular complexity index is 1320. The molecule has 0 aliphatic carbocycles. The molecule has 0 amide bonds. The molecule has 0 radical (unpaired) electrons. The van der Waals surface area contributed by atoms with Gasteiger partial charge >= 0.3 is 0 Å². The summed E-state index contributed by atoms with van der Waals surface area (Å²) in [6, 6.07) is 16.5. The van der Waals surface area contributed by atoms with E-state index in [9.17, 15) is 4.79 Å². The Morgan fingerprint density at radius 2 is 1.97 bits per heavy atom. The van der Waals surface area contributed by atoms with Crippen molar-refractivity contribution < 1.29 is 0 Å². The molecule has 2 aromatic carbocycles. The molecule has 0 spiro atoms. The average Bonchev–Trinajstić information content (AvgIpc) is 2.81. The van der Waals surface area contributed by atoms with Gasteiger partial charge in [-0.25, -0.2) is 5.43 Å². The molecule has 0 unspecified atom stereocenters. The van der Waals surface area contributed by atoms with E-state index >= 15 is 0 Å². The molecule has 0 saturated carbocycles. The number of aromatic nitrogens is 1. The Morgan fingerprint density at radius 1 is 1.24 bits per heavy atom. The summed E-state index contributed by atoms with van der Waals surface area (Å²) in [6.45, 7) is 9.78. The Hall–Kier alpha value is -3.84. The summed E-state index contributed by atoms with van der Waals surface area (Å²) in [4.78, 5) is 17.7. The molecule has 0 fully saturated rings. The van der Waals surface area contributed by atoms with Gasteiger partial charge in [0, 0.05) is 11.4 Å². The van der Waals surface area contributed by atoms with E-state index in [4.69, 9.17) is 17.3 Å². The van der Waals surface area contributed by atoms with Crippen LogP contribution in [-0.4, -0.2) is 16.2 Å². The Balaban J connectivity index is 1.93. The molecule has 0 aliphatic heterocycles. The number of benzene rings is 2. The number of nitrogens with zero attached hydrogens (tertiary/aromatic N) is 3. The van der Waals surface area contributed by atoms with Gasteiger partial charge < -0.3 is 11.1 Å². The maximum atomic E-state index is 13.5. The average molecular weight is 477 g/mol. The minimum atomic E-state index is -0.321. The zero-order valence-corrected chi connectivity index (χ0v) is 20.3. The number of hydrogen-bond donors (Lipinski definition) is 3. The highest BCUT2D eigenvalue weighted by molar-refractivity contribution is 6.35. The highest BCUT2D eigenvalue weighted by atomic mass is 35.5. The van der Waals surface area contributed by atoms with E-state index in [2.05, 4.69) is 27.4 Å². The lowest BCUT2D eigenvalue weighted by atomic mass is 10.1. The fourth-order valence-corrected chi connectivity index (χ4v) is 3.76. The van der Waals surface area contributed by atoms with Gasteiger partial charge in [0.05, 0.1) is 22.2 Å². The molecule has 0 bridgehead atoms. The van der Waals surface area contributed by atoms with Crippen LogP contribution >= 0.6 is 11.6 Å². The van der Waals surface area contributed by atoms with Crippen LogP contribution < -0.4 is 22.0 Å². The number of nitrogens with two attached hydrogens (primary N) is 1. The second kappa shape index (κ2) is 11.3. The number of nitrogens with one attached hydrogen (secondary N) is 2. The zero-order valence-electron chi connectivity index (χ0n) is 19.5. The summed E-state index contributed by atoms with van der Waals surface area (Å²) in [5.74, 6) is 0.424. The van der Waals surface area contributed by atoms with Crippen molar-refractivity contribution in [2.45, 2.75) is 33.2 Å². The second-order valence-corrected chi connectivity index (χ2v) is 8.14. The van der Waals surface area contributed by atoms with Gasteiger partial charge in [-0.3, -0.25) is 9.36 Å². The van der Waals surface area contributed by atoms with E-state index < -0.39 is 0 Å². The van der Waals surface area contributed by atoms with Gasteiger partial charge in [0.25, 0.3) is 5.56 Å². The normalized spacial score (nSPS) is 13.3. The van der Waals surface area contributed by atoms with Crippen molar-refractivity contribution in [2.24, 2.45) is 15.8 Å². The molecule has 3 aromatic rings. The molecule has 7 nitrogen and oxygen atoms in total. The first-order valence-electron chi connectivity index (χ1n) is 11.0. The Kier molecular flexibility index (Phi) is 8.27. The van der Waals surface area contributed by atoms with Gasteiger partial charge in [0.1, 0.15) is 5.82 Å². The number of hydrogen-bond acceptors (Lipinski definition) is 4. The van der Waals surface area contributed by atoms with Gasteiger partial charge in [-0.1, -0.05) is 61.5 Å². The van der Waals surface area contributed by atoms with Gasteiger partial charge in [-0.05, 0) is 56.0 Å². The van der Waals surface area contributed by atoms with E-state index in [-0.39, 0.29) is 17.6 Å². The third kappa shape index (κ3) is 5.94. The van der Waals surface area contributed by atoms with Crippen LogP contribution in [0.3, 0.4) is 0 Å². The minimum Gasteiger partial charge on any atom is -0.368 e. The van der Waals surface area contributed by atoms with E-state index in [1.54, 1.807) is 10.6 Å². The number of fused-ring (bicyclic) bond motifs is 1. The molecule has 176 valence electrons. The predicted octanol–water partition coefficient (Wildman–Crippen LogP) is 5.01. The van der Waals surface area contributed by atoms with E-state index in [1.165, 1.54) is 0 Å². The lowest BCUT2D eigenvalue weighted by molar-refractivity contribution is 0.611. The molecule has 1 atom stereocenters. The lowest BCUT2D eigenvalue weighted by Gasteiger charge is -2.22. The topological polar surface area (TPSA) is 96.8 Å². The number of hydrazone groups is 1. The molecule has 1 heterocycles. The van der Waals surface area contributed by atoms with Crippen molar-refractivity contribution in [3.8, 4) is 5.69 Å². The van der Waals surface area contributed by atoms with Crippen LogP contribution in [0.15, 0.2) is 94.0 Å². The maximum absolute atomic E-state index is 13.5. The molecule has 34 heavy (non-hydrogen) atoms. The summed E-state index contributed by atoms with van der Waals surface area (Å²) >= 11 is 6.38. The number of rotatable bonds is 8. The smallest absolute Gasteiger partial charge is 0.264 e. The summed E-state index contributed by atoms with van der Waals surface area (Å²) in [5.41, 5.74) is 10.7. The molecule has 8 heteroatoms. The first-order chi connectivity index (χ1) is 16.3. The van der Waals surface area contributed by atoms with Crippen LogP contribution in [0.5, 0.6) is 0 Å².